The van der Waals surface area contributed by atoms with Crippen molar-refractivity contribution in [2.24, 2.45) is 0 Å². The lowest BCUT2D eigenvalue weighted by Crippen LogP contribution is -2.34. The van der Waals surface area contributed by atoms with Crippen molar-refractivity contribution >= 4 is 16.0 Å². The molecular weight excluding hydrogens is 368 g/mol. The Morgan fingerprint density at radius 2 is 1.78 bits per heavy atom. The van der Waals surface area contributed by atoms with E-state index in [1.165, 1.54) is 0 Å². The second-order valence-electron chi connectivity index (χ2n) is 5.91. The van der Waals surface area contributed by atoms with Crippen LogP contribution in [-0.4, -0.2) is 65.8 Å². The molecule has 1 aromatic carbocycles. The first-order valence-electron chi connectivity index (χ1n) is 8.69. The molecule has 0 atom stereocenters. The number of nitrogens with zero attached hydrogens (tertiary/aromatic N) is 3. The minimum absolute atomic E-state index is 0.0268. The van der Waals surface area contributed by atoms with E-state index in [0.717, 1.165) is 31.1 Å². The number of nitrogens with one attached hydrogen (secondary N) is 1. The highest BCUT2D eigenvalue weighted by Crippen LogP contribution is 2.11. The number of hydrogen-bond donors (Lipinski definition) is 2. The third-order valence-electron chi connectivity index (χ3n) is 3.84. The summed E-state index contributed by atoms with van der Waals surface area (Å²) in [7, 11) is -3.67. The van der Waals surface area contributed by atoms with E-state index in [2.05, 4.69) is 29.0 Å². The van der Waals surface area contributed by atoms with Gasteiger partial charge in [0.2, 0.25) is 0 Å². The quantitative estimate of drug-likeness (QED) is 0.691. The average Bonchev–Trinajstić information content (AvgIpc) is 3.03. The lowest BCUT2D eigenvalue weighted by molar-refractivity contribution is 0.0949. The number of rotatable bonds is 7. The number of aryl methyl sites for hydroxylation is 1. The van der Waals surface area contributed by atoms with E-state index in [-0.39, 0.29) is 5.91 Å². The summed E-state index contributed by atoms with van der Waals surface area (Å²) in [6, 6.07) is 7.57. The number of amides is 1. The maximum Gasteiger partial charge on any atom is 0.261 e. The van der Waals surface area contributed by atoms with Crippen LogP contribution in [-0.2, 0) is 10.1 Å². The van der Waals surface area contributed by atoms with Crippen molar-refractivity contribution in [2.45, 2.75) is 20.8 Å². The van der Waals surface area contributed by atoms with Crippen LogP contribution < -0.4 is 5.32 Å². The van der Waals surface area contributed by atoms with Gasteiger partial charge in [0, 0.05) is 36.7 Å². The molecule has 27 heavy (non-hydrogen) atoms. The van der Waals surface area contributed by atoms with Gasteiger partial charge in [0.15, 0.2) is 0 Å². The highest BCUT2D eigenvalue weighted by molar-refractivity contribution is 7.85. The van der Waals surface area contributed by atoms with Crippen molar-refractivity contribution in [3.05, 3.63) is 48.0 Å². The van der Waals surface area contributed by atoms with E-state index in [1.54, 1.807) is 6.20 Å². The van der Waals surface area contributed by atoms with Gasteiger partial charge in [-0.15, -0.1) is 0 Å². The Bertz CT molecular complexity index is 804. The van der Waals surface area contributed by atoms with E-state index in [0.29, 0.717) is 18.4 Å². The number of imidazole rings is 1. The summed E-state index contributed by atoms with van der Waals surface area (Å²) >= 11 is 0. The predicted octanol–water partition coefficient (Wildman–Crippen LogP) is 1.76. The molecule has 1 amide bonds. The van der Waals surface area contributed by atoms with E-state index < -0.39 is 10.1 Å². The van der Waals surface area contributed by atoms with Crippen LogP contribution in [0.5, 0.6) is 0 Å². The second kappa shape index (κ2) is 10.8. The molecule has 0 spiro atoms. The van der Waals surface area contributed by atoms with Crippen molar-refractivity contribution in [3.63, 3.8) is 0 Å². The normalized spacial score (nSPS) is 11.0. The van der Waals surface area contributed by atoms with Gasteiger partial charge in [-0.05, 0) is 44.3 Å². The first kappa shape index (κ1) is 22.8. The van der Waals surface area contributed by atoms with Crippen molar-refractivity contribution in [3.8, 4) is 5.69 Å². The third kappa shape index (κ3) is 8.80. The van der Waals surface area contributed by atoms with E-state index >= 15 is 0 Å². The summed E-state index contributed by atoms with van der Waals surface area (Å²) in [5, 5.41) is 2.96. The van der Waals surface area contributed by atoms with Crippen molar-refractivity contribution < 1.29 is 17.8 Å². The third-order valence-corrected chi connectivity index (χ3v) is 3.84. The van der Waals surface area contributed by atoms with Gasteiger partial charge >= 0.3 is 0 Å². The Morgan fingerprint density at radius 1 is 1.22 bits per heavy atom. The number of aromatic nitrogens is 2. The number of hydrogen-bond acceptors (Lipinski definition) is 5. The first-order chi connectivity index (χ1) is 12.7. The molecule has 2 aromatic rings. The zero-order chi connectivity index (χ0) is 20.4. The van der Waals surface area contributed by atoms with Crippen LogP contribution in [0.15, 0.2) is 36.7 Å². The lowest BCUT2D eigenvalue weighted by atomic mass is 10.2. The second-order valence-corrected chi connectivity index (χ2v) is 7.37. The van der Waals surface area contributed by atoms with Gasteiger partial charge in [0.05, 0.1) is 6.26 Å². The molecule has 2 N–H and O–H groups in total. The molecule has 0 aliphatic heterocycles. The fraction of sp³-hybridized carbons (Fsp3) is 0.444. The van der Waals surface area contributed by atoms with Crippen LogP contribution >= 0.6 is 0 Å². The summed E-state index contributed by atoms with van der Waals surface area (Å²) < 4.78 is 27.9. The van der Waals surface area contributed by atoms with E-state index in [1.807, 2.05) is 42.0 Å². The van der Waals surface area contributed by atoms with Crippen molar-refractivity contribution in [1.82, 2.24) is 19.8 Å². The first-order valence-corrected chi connectivity index (χ1v) is 10.5. The van der Waals surface area contributed by atoms with Crippen LogP contribution in [0.25, 0.3) is 5.69 Å². The maximum atomic E-state index is 12.1. The Labute approximate surface area is 161 Å². The van der Waals surface area contributed by atoms with Crippen LogP contribution in [0, 0.1) is 6.92 Å². The molecule has 0 aliphatic carbocycles. The van der Waals surface area contributed by atoms with Gasteiger partial charge in [-0.25, -0.2) is 4.98 Å². The van der Waals surface area contributed by atoms with Crippen molar-refractivity contribution in [2.75, 3.05) is 32.4 Å². The topological polar surface area (TPSA) is 105 Å². The van der Waals surface area contributed by atoms with Gasteiger partial charge in [0.1, 0.15) is 5.82 Å². The summed E-state index contributed by atoms with van der Waals surface area (Å²) in [6.07, 6.45) is 4.39. The Hall–Kier alpha value is -2.23. The van der Waals surface area contributed by atoms with E-state index in [9.17, 15) is 13.2 Å². The zero-order valence-corrected chi connectivity index (χ0v) is 17.0. The zero-order valence-electron chi connectivity index (χ0n) is 16.2. The standard InChI is InChI=1S/C17H24N4O.CH4O3S/c1-4-20(5-2)12-10-19-17(22)15-6-8-16(9-7-15)21-13-11-18-14(21)3;1-5(2,3)4/h6-9,11,13H,4-5,10,12H2,1-3H3,(H,19,22);1H3,(H,2,3,4). The van der Waals surface area contributed by atoms with Crippen LogP contribution in [0.3, 0.4) is 0 Å². The largest absolute Gasteiger partial charge is 0.351 e. The predicted molar refractivity (Wildman–Crippen MR) is 106 cm³/mol. The highest BCUT2D eigenvalue weighted by atomic mass is 32.2. The van der Waals surface area contributed by atoms with Gasteiger partial charge < -0.3 is 14.8 Å². The monoisotopic (exact) mass is 396 g/mol. The number of benzene rings is 1. The summed E-state index contributed by atoms with van der Waals surface area (Å²) in [5.74, 6) is 0.900. The van der Waals surface area contributed by atoms with Crippen LogP contribution in [0.2, 0.25) is 0 Å². The maximum absolute atomic E-state index is 12.1. The molecule has 0 saturated carbocycles. The smallest absolute Gasteiger partial charge is 0.261 e. The molecule has 0 radical (unpaired) electrons. The number of likely N-dealkylation sites (N-methyl/N-ethyl adjacent to an activating group) is 1. The summed E-state index contributed by atoms with van der Waals surface area (Å²) in [5.41, 5.74) is 1.69. The van der Waals surface area contributed by atoms with Gasteiger partial charge in [-0.3, -0.25) is 9.35 Å². The molecule has 0 saturated heterocycles. The SMILES string of the molecule is CCN(CC)CCNC(=O)c1ccc(-n2ccnc2C)cc1.CS(=O)(=O)O. The molecular formula is C18H28N4O4S. The molecule has 1 heterocycles. The molecule has 0 bridgehead atoms. The average molecular weight is 397 g/mol. The molecule has 150 valence electrons. The Balaban J connectivity index is 0.000000646. The number of carbonyl (C=O) groups excluding carboxylic acids is 1. The fourth-order valence-corrected chi connectivity index (χ4v) is 2.39. The van der Waals surface area contributed by atoms with Gasteiger partial charge in [-0.2, -0.15) is 8.42 Å². The van der Waals surface area contributed by atoms with Crippen LogP contribution in [0.1, 0.15) is 30.0 Å². The lowest BCUT2D eigenvalue weighted by Gasteiger charge is -2.18. The van der Waals surface area contributed by atoms with E-state index in [4.69, 9.17) is 4.55 Å². The molecule has 0 unspecified atom stereocenters. The molecule has 9 heteroatoms. The Kier molecular flexibility index (Phi) is 9.13. The number of carbonyl (C=O) groups is 1. The minimum Gasteiger partial charge on any atom is -0.351 e. The molecule has 1 aromatic heterocycles. The molecule has 2 rings (SSSR count). The fourth-order valence-electron chi connectivity index (χ4n) is 2.39. The highest BCUT2D eigenvalue weighted by Gasteiger charge is 2.07. The molecule has 0 aliphatic rings. The Morgan fingerprint density at radius 3 is 2.22 bits per heavy atom. The summed E-state index contributed by atoms with van der Waals surface area (Å²) in [4.78, 5) is 18.6. The van der Waals surface area contributed by atoms with Crippen molar-refractivity contribution in [1.29, 1.82) is 0 Å². The molecule has 0 fully saturated rings. The van der Waals surface area contributed by atoms with Crippen LogP contribution in [0.4, 0.5) is 0 Å². The molecule has 8 nitrogen and oxygen atoms in total. The minimum atomic E-state index is -3.67. The van der Waals surface area contributed by atoms with Gasteiger partial charge in [-0.1, -0.05) is 13.8 Å². The van der Waals surface area contributed by atoms with Gasteiger partial charge in [0.25, 0.3) is 16.0 Å². The summed E-state index contributed by atoms with van der Waals surface area (Å²) in [6.45, 7) is 9.77.